The Morgan fingerprint density at radius 1 is 1.07 bits per heavy atom. The van der Waals surface area contributed by atoms with Crippen molar-refractivity contribution in [2.75, 3.05) is 41.0 Å². The van der Waals surface area contributed by atoms with E-state index in [1.807, 2.05) is 0 Å². The molecular weight excluding hydrogens is 417 g/mol. The maximum atomic E-state index is 12.9. The van der Waals surface area contributed by atoms with Gasteiger partial charge in [-0.05, 0) is 20.8 Å². The van der Waals surface area contributed by atoms with Crippen molar-refractivity contribution in [3.05, 3.63) is 0 Å². The second-order valence-electron chi connectivity index (χ2n) is 7.57. The fourth-order valence-electron chi connectivity index (χ4n) is 2.85. The number of amides is 2. The number of likely N-dealkylation sites (tertiary alicyclic amines) is 1. The summed E-state index contributed by atoms with van der Waals surface area (Å²) in [5, 5.41) is 11.5. The van der Waals surface area contributed by atoms with Crippen LogP contribution in [0.5, 0.6) is 0 Å². The number of aliphatic hydroxyl groups is 1. The summed E-state index contributed by atoms with van der Waals surface area (Å²) < 4.78 is 64.6. The zero-order valence-corrected chi connectivity index (χ0v) is 17.5. The van der Waals surface area contributed by atoms with Crippen molar-refractivity contribution in [2.45, 2.75) is 50.9 Å². The van der Waals surface area contributed by atoms with Crippen LogP contribution in [0.4, 0.5) is 18.0 Å². The Balaban J connectivity index is 3.34. The van der Waals surface area contributed by atoms with E-state index in [1.165, 1.54) is 14.2 Å². The Morgan fingerprint density at radius 3 is 2.03 bits per heavy atom. The summed E-state index contributed by atoms with van der Waals surface area (Å²) in [6, 6.07) is 0. The molecule has 4 atom stereocenters. The minimum absolute atomic E-state index is 0.264. The molecule has 176 valence electrons. The van der Waals surface area contributed by atoms with Crippen LogP contribution in [0.2, 0.25) is 0 Å². The Bertz CT molecular complexity index is 570. The second kappa shape index (κ2) is 11.1. The number of carbonyl (C=O) groups excluding carboxylic acids is 2. The van der Waals surface area contributed by atoms with Crippen LogP contribution in [-0.2, 0) is 28.5 Å². The molecule has 1 aliphatic heterocycles. The number of nitrogens with one attached hydrogen (secondary N) is 1. The second-order valence-corrected chi connectivity index (χ2v) is 7.57. The summed E-state index contributed by atoms with van der Waals surface area (Å²) >= 11 is 0. The summed E-state index contributed by atoms with van der Waals surface area (Å²) in [5.41, 5.74) is -0.962. The van der Waals surface area contributed by atoms with E-state index < -0.39 is 54.7 Å². The average molecular weight is 446 g/mol. The number of hydrogen-bond acceptors (Lipinski definition) is 8. The maximum absolute atomic E-state index is 12.9. The SMILES string of the molecule is COCO[C@@H]1[C@@H](CO)CN(C(=O)OC(C)(C)C)[C@H](NC(=O)C(F)(F)F)[C@H]1OCOC. The first-order valence-electron chi connectivity index (χ1n) is 9.05. The maximum Gasteiger partial charge on any atom is 0.471 e. The van der Waals surface area contributed by atoms with Gasteiger partial charge >= 0.3 is 18.2 Å². The molecule has 1 aliphatic rings. The van der Waals surface area contributed by atoms with E-state index in [0.29, 0.717) is 0 Å². The highest BCUT2D eigenvalue weighted by Crippen LogP contribution is 2.29. The first-order valence-corrected chi connectivity index (χ1v) is 9.05. The minimum Gasteiger partial charge on any atom is -0.444 e. The van der Waals surface area contributed by atoms with E-state index in [2.05, 4.69) is 0 Å². The van der Waals surface area contributed by atoms with Gasteiger partial charge in [0.2, 0.25) is 0 Å². The van der Waals surface area contributed by atoms with Crippen molar-refractivity contribution in [3.8, 4) is 0 Å². The van der Waals surface area contributed by atoms with Crippen molar-refractivity contribution in [1.29, 1.82) is 0 Å². The van der Waals surface area contributed by atoms with Gasteiger partial charge < -0.3 is 34.1 Å². The Hall–Kier alpha value is -1.67. The number of carbonyl (C=O) groups is 2. The third-order valence-corrected chi connectivity index (χ3v) is 4.02. The molecule has 0 radical (unpaired) electrons. The lowest BCUT2D eigenvalue weighted by molar-refractivity contribution is -0.219. The zero-order chi connectivity index (χ0) is 23.1. The minimum atomic E-state index is -5.21. The number of hydrogen-bond donors (Lipinski definition) is 2. The highest BCUT2D eigenvalue weighted by Gasteiger charge is 2.51. The molecule has 0 aromatic heterocycles. The van der Waals surface area contributed by atoms with Gasteiger partial charge in [0, 0.05) is 26.7 Å². The summed E-state index contributed by atoms with van der Waals surface area (Å²) in [6.45, 7) is 3.33. The molecule has 0 bridgehead atoms. The Morgan fingerprint density at radius 2 is 1.60 bits per heavy atom. The molecule has 0 aromatic rings. The monoisotopic (exact) mass is 446 g/mol. The summed E-state index contributed by atoms with van der Waals surface area (Å²) in [6.07, 6.45) is -10.2. The fourth-order valence-corrected chi connectivity index (χ4v) is 2.85. The first-order chi connectivity index (χ1) is 13.9. The van der Waals surface area contributed by atoms with Gasteiger partial charge in [-0.2, -0.15) is 13.2 Å². The van der Waals surface area contributed by atoms with Crippen LogP contribution in [-0.4, -0.2) is 93.1 Å². The van der Waals surface area contributed by atoms with E-state index in [1.54, 1.807) is 26.1 Å². The van der Waals surface area contributed by atoms with Crippen LogP contribution in [0.25, 0.3) is 0 Å². The van der Waals surface area contributed by atoms with E-state index >= 15 is 0 Å². The molecule has 1 heterocycles. The van der Waals surface area contributed by atoms with E-state index in [0.717, 1.165) is 4.90 Å². The molecule has 1 fully saturated rings. The highest BCUT2D eigenvalue weighted by atomic mass is 19.4. The molecule has 0 unspecified atom stereocenters. The number of alkyl halides is 3. The quantitative estimate of drug-likeness (QED) is 0.527. The molecule has 0 aromatic carbocycles. The summed E-state index contributed by atoms with van der Waals surface area (Å²) in [7, 11) is 2.62. The number of nitrogens with zero attached hydrogens (tertiary/aromatic N) is 1. The number of methoxy groups -OCH3 is 2. The molecule has 2 N–H and O–H groups in total. The molecule has 0 saturated carbocycles. The van der Waals surface area contributed by atoms with Gasteiger partial charge in [0.1, 0.15) is 31.5 Å². The van der Waals surface area contributed by atoms with Crippen molar-refractivity contribution in [1.82, 2.24) is 10.2 Å². The van der Waals surface area contributed by atoms with Crippen LogP contribution < -0.4 is 5.32 Å². The Kier molecular flexibility index (Phi) is 9.75. The molecule has 2 amide bonds. The molecule has 1 saturated heterocycles. The first kappa shape index (κ1) is 26.4. The normalized spacial score (nSPS) is 25.2. The molecule has 0 aliphatic carbocycles. The molecule has 30 heavy (non-hydrogen) atoms. The fraction of sp³-hybridized carbons (Fsp3) is 0.882. The average Bonchev–Trinajstić information content (AvgIpc) is 2.62. The van der Waals surface area contributed by atoms with Gasteiger partial charge in [0.25, 0.3) is 0 Å². The molecule has 1 rings (SSSR count). The van der Waals surface area contributed by atoms with Crippen LogP contribution in [0.1, 0.15) is 20.8 Å². The van der Waals surface area contributed by atoms with Gasteiger partial charge in [0.05, 0.1) is 12.7 Å². The van der Waals surface area contributed by atoms with Crippen molar-refractivity contribution >= 4 is 12.0 Å². The van der Waals surface area contributed by atoms with Crippen molar-refractivity contribution in [2.24, 2.45) is 5.92 Å². The standard InChI is InChI=1S/C17H29F3N2O8/c1-16(2,3)30-15(25)22-6-10(7-23)11(28-8-26-4)12(29-9-27-5)13(22)21-14(24)17(18,19)20/h10-13,23H,6-9H2,1-5H3,(H,21,24)/t10-,11-,12+,13+/m1/s1. The predicted molar refractivity (Wildman–Crippen MR) is 95.0 cm³/mol. The smallest absolute Gasteiger partial charge is 0.444 e. The number of halogens is 3. The summed E-state index contributed by atoms with van der Waals surface area (Å²) in [4.78, 5) is 25.2. The van der Waals surface area contributed by atoms with Gasteiger partial charge in [0.15, 0.2) is 0 Å². The number of piperidine rings is 1. The third-order valence-electron chi connectivity index (χ3n) is 4.02. The number of aliphatic hydroxyl groups excluding tert-OH is 1. The highest BCUT2D eigenvalue weighted by molar-refractivity contribution is 5.82. The molecule has 0 spiro atoms. The molecule has 13 heteroatoms. The van der Waals surface area contributed by atoms with Gasteiger partial charge in [-0.15, -0.1) is 0 Å². The number of ether oxygens (including phenoxy) is 5. The van der Waals surface area contributed by atoms with Gasteiger partial charge in [-0.25, -0.2) is 4.79 Å². The molecule has 10 nitrogen and oxygen atoms in total. The lowest BCUT2D eigenvalue weighted by atomic mass is 9.90. The molecular formula is C17H29F3N2O8. The summed E-state index contributed by atoms with van der Waals surface area (Å²) in [5.74, 6) is -3.05. The van der Waals surface area contributed by atoms with Crippen LogP contribution in [0.3, 0.4) is 0 Å². The van der Waals surface area contributed by atoms with Gasteiger partial charge in [-0.1, -0.05) is 0 Å². The van der Waals surface area contributed by atoms with E-state index in [4.69, 9.17) is 23.7 Å². The zero-order valence-electron chi connectivity index (χ0n) is 17.5. The van der Waals surface area contributed by atoms with Crippen molar-refractivity contribution in [3.63, 3.8) is 0 Å². The topological polar surface area (TPSA) is 116 Å². The number of rotatable bonds is 8. The third kappa shape index (κ3) is 7.54. The van der Waals surface area contributed by atoms with Crippen LogP contribution in [0, 0.1) is 5.92 Å². The largest absolute Gasteiger partial charge is 0.471 e. The van der Waals surface area contributed by atoms with Gasteiger partial charge in [-0.3, -0.25) is 9.69 Å². The van der Waals surface area contributed by atoms with Crippen LogP contribution in [0.15, 0.2) is 0 Å². The van der Waals surface area contributed by atoms with E-state index in [-0.39, 0.29) is 20.1 Å². The van der Waals surface area contributed by atoms with E-state index in [9.17, 15) is 27.9 Å². The Labute approximate surface area is 172 Å². The lowest BCUT2D eigenvalue weighted by Gasteiger charge is -2.47. The lowest BCUT2D eigenvalue weighted by Crippen LogP contribution is -2.69. The van der Waals surface area contributed by atoms with Crippen molar-refractivity contribution < 1.29 is 51.6 Å². The predicted octanol–water partition coefficient (Wildman–Crippen LogP) is 0.828. The van der Waals surface area contributed by atoms with Crippen LogP contribution >= 0.6 is 0 Å².